The fourth-order valence-corrected chi connectivity index (χ4v) is 4.49. The molecule has 0 saturated carbocycles. The average Bonchev–Trinajstić information content (AvgIpc) is 3.11. The standard InChI is InChI=1S/C22H26N6O/c1-26-14-17-13-18(29-2)6-7-19(17)28-21(15-26)24-25-22(28)16-8-11-27(12-9-16)20-5-3-4-10-23-20/h3-7,10,13,16H,8-9,11-12,14-15H2,1-2H3. The molecule has 1 fully saturated rings. The average molecular weight is 390 g/mol. The van der Waals surface area contributed by atoms with Crippen LogP contribution in [-0.4, -0.2) is 51.9 Å². The second-order valence-corrected chi connectivity index (χ2v) is 7.93. The van der Waals surface area contributed by atoms with Crippen molar-refractivity contribution in [1.29, 1.82) is 0 Å². The van der Waals surface area contributed by atoms with Crippen LogP contribution in [-0.2, 0) is 13.1 Å². The lowest BCUT2D eigenvalue weighted by Crippen LogP contribution is -2.34. The van der Waals surface area contributed by atoms with Gasteiger partial charge in [0.1, 0.15) is 17.4 Å². The van der Waals surface area contributed by atoms with E-state index >= 15 is 0 Å². The molecular weight excluding hydrogens is 364 g/mol. The lowest BCUT2D eigenvalue weighted by Gasteiger charge is -2.32. The van der Waals surface area contributed by atoms with Gasteiger partial charge in [-0.05, 0) is 55.8 Å². The summed E-state index contributed by atoms with van der Waals surface area (Å²) >= 11 is 0. The Hall–Kier alpha value is -2.93. The molecule has 2 aromatic heterocycles. The van der Waals surface area contributed by atoms with Gasteiger partial charge < -0.3 is 9.64 Å². The summed E-state index contributed by atoms with van der Waals surface area (Å²) in [4.78, 5) is 9.14. The molecular formula is C22H26N6O. The summed E-state index contributed by atoms with van der Waals surface area (Å²) in [6, 6.07) is 12.4. The third kappa shape index (κ3) is 3.35. The highest BCUT2D eigenvalue weighted by Gasteiger charge is 2.29. The van der Waals surface area contributed by atoms with Gasteiger partial charge in [0.05, 0.1) is 19.3 Å². The molecule has 0 bridgehead atoms. The lowest BCUT2D eigenvalue weighted by molar-refractivity contribution is 0.314. The molecule has 0 N–H and O–H groups in total. The number of hydrogen-bond donors (Lipinski definition) is 0. The van der Waals surface area contributed by atoms with Crippen LogP contribution < -0.4 is 9.64 Å². The Kier molecular flexibility index (Phi) is 4.67. The van der Waals surface area contributed by atoms with Crippen LogP contribution in [0.2, 0.25) is 0 Å². The van der Waals surface area contributed by atoms with Crippen LogP contribution in [0.5, 0.6) is 5.75 Å². The Bertz CT molecular complexity index is 994. The van der Waals surface area contributed by atoms with E-state index < -0.39 is 0 Å². The van der Waals surface area contributed by atoms with Crippen molar-refractivity contribution in [2.45, 2.75) is 31.8 Å². The molecule has 0 spiro atoms. The number of benzene rings is 1. The second-order valence-electron chi connectivity index (χ2n) is 7.93. The minimum absolute atomic E-state index is 0.398. The molecule has 2 aliphatic rings. The Morgan fingerprint density at radius 3 is 2.66 bits per heavy atom. The highest BCUT2D eigenvalue weighted by Crippen LogP contribution is 2.34. The van der Waals surface area contributed by atoms with Crippen molar-refractivity contribution in [3.63, 3.8) is 0 Å². The summed E-state index contributed by atoms with van der Waals surface area (Å²) in [7, 11) is 3.84. The van der Waals surface area contributed by atoms with Gasteiger partial charge in [-0.25, -0.2) is 4.98 Å². The van der Waals surface area contributed by atoms with Gasteiger partial charge in [-0.3, -0.25) is 9.47 Å². The summed E-state index contributed by atoms with van der Waals surface area (Å²) in [5, 5.41) is 9.23. The number of piperidine rings is 1. The number of methoxy groups -OCH3 is 1. The summed E-state index contributed by atoms with van der Waals surface area (Å²) in [6.07, 6.45) is 3.97. The highest BCUT2D eigenvalue weighted by atomic mass is 16.5. The Morgan fingerprint density at radius 2 is 1.90 bits per heavy atom. The second kappa shape index (κ2) is 7.48. The van der Waals surface area contributed by atoms with E-state index in [9.17, 15) is 0 Å². The molecule has 0 radical (unpaired) electrons. The molecule has 29 heavy (non-hydrogen) atoms. The van der Waals surface area contributed by atoms with E-state index in [1.54, 1.807) is 7.11 Å². The molecule has 1 aromatic carbocycles. The Morgan fingerprint density at radius 1 is 1.03 bits per heavy atom. The van der Waals surface area contributed by atoms with E-state index in [0.29, 0.717) is 5.92 Å². The van der Waals surface area contributed by atoms with Crippen molar-refractivity contribution in [3.8, 4) is 11.4 Å². The van der Waals surface area contributed by atoms with Crippen molar-refractivity contribution < 1.29 is 4.74 Å². The summed E-state index contributed by atoms with van der Waals surface area (Å²) in [5.41, 5.74) is 2.43. The van der Waals surface area contributed by atoms with E-state index in [0.717, 1.165) is 62.2 Å². The SMILES string of the molecule is COc1ccc2c(c1)CN(C)Cc1nnc(C3CCN(c4ccccn4)CC3)n1-2. The van der Waals surface area contributed by atoms with E-state index in [4.69, 9.17) is 4.74 Å². The third-order valence-corrected chi connectivity index (χ3v) is 5.97. The van der Waals surface area contributed by atoms with Crippen molar-refractivity contribution in [2.75, 3.05) is 32.1 Å². The van der Waals surface area contributed by atoms with Crippen LogP contribution in [0.1, 0.15) is 36.0 Å². The van der Waals surface area contributed by atoms with Gasteiger partial charge in [0.25, 0.3) is 0 Å². The van der Waals surface area contributed by atoms with Gasteiger partial charge in [-0.1, -0.05) is 6.07 Å². The highest BCUT2D eigenvalue weighted by molar-refractivity contribution is 5.48. The van der Waals surface area contributed by atoms with E-state index in [1.165, 1.54) is 11.3 Å². The van der Waals surface area contributed by atoms with Crippen LogP contribution >= 0.6 is 0 Å². The molecule has 7 nitrogen and oxygen atoms in total. The van der Waals surface area contributed by atoms with Crippen LogP contribution in [0.15, 0.2) is 42.6 Å². The molecule has 0 unspecified atom stereocenters. The molecule has 7 heteroatoms. The summed E-state index contributed by atoms with van der Waals surface area (Å²) in [5.74, 6) is 4.44. The van der Waals surface area contributed by atoms with Crippen LogP contribution in [0.25, 0.3) is 5.69 Å². The van der Waals surface area contributed by atoms with Crippen molar-refractivity contribution in [1.82, 2.24) is 24.6 Å². The van der Waals surface area contributed by atoms with Crippen molar-refractivity contribution >= 4 is 5.82 Å². The first kappa shape index (κ1) is 18.1. The van der Waals surface area contributed by atoms with Gasteiger partial charge in [-0.2, -0.15) is 0 Å². The topological polar surface area (TPSA) is 59.3 Å². The maximum Gasteiger partial charge on any atom is 0.151 e. The van der Waals surface area contributed by atoms with E-state index in [1.807, 2.05) is 18.3 Å². The first-order valence-corrected chi connectivity index (χ1v) is 10.2. The van der Waals surface area contributed by atoms with Crippen LogP contribution in [0.4, 0.5) is 5.82 Å². The van der Waals surface area contributed by atoms with Crippen LogP contribution in [0.3, 0.4) is 0 Å². The van der Waals surface area contributed by atoms with Gasteiger partial charge in [0.15, 0.2) is 5.82 Å². The van der Waals surface area contributed by atoms with Gasteiger partial charge in [0.2, 0.25) is 0 Å². The number of pyridine rings is 1. The quantitative estimate of drug-likeness (QED) is 0.685. The Balaban J connectivity index is 1.45. The Labute approximate surface area is 170 Å². The summed E-state index contributed by atoms with van der Waals surface area (Å²) in [6.45, 7) is 3.63. The minimum Gasteiger partial charge on any atom is -0.497 e. The molecule has 0 amide bonds. The maximum absolute atomic E-state index is 5.46. The molecule has 0 aliphatic carbocycles. The smallest absolute Gasteiger partial charge is 0.151 e. The molecule has 4 heterocycles. The molecule has 1 saturated heterocycles. The predicted octanol–water partition coefficient (Wildman–Crippen LogP) is 3.00. The normalized spacial score (nSPS) is 17.5. The monoisotopic (exact) mass is 390 g/mol. The largest absolute Gasteiger partial charge is 0.497 e. The molecule has 0 atom stereocenters. The summed E-state index contributed by atoms with van der Waals surface area (Å²) < 4.78 is 7.75. The number of anilines is 1. The first-order valence-electron chi connectivity index (χ1n) is 10.2. The van der Waals surface area contributed by atoms with Gasteiger partial charge in [-0.15, -0.1) is 10.2 Å². The number of fused-ring (bicyclic) bond motifs is 3. The molecule has 3 aromatic rings. The molecule has 2 aliphatic heterocycles. The van der Waals surface area contributed by atoms with E-state index in [-0.39, 0.29) is 0 Å². The number of rotatable bonds is 3. The lowest BCUT2D eigenvalue weighted by atomic mass is 9.95. The molecule has 5 rings (SSSR count). The number of ether oxygens (including phenoxy) is 1. The van der Waals surface area contributed by atoms with E-state index in [2.05, 4.69) is 60.9 Å². The van der Waals surface area contributed by atoms with Gasteiger partial charge in [0, 0.05) is 31.7 Å². The fourth-order valence-electron chi connectivity index (χ4n) is 4.49. The number of nitrogens with zero attached hydrogens (tertiary/aromatic N) is 6. The minimum atomic E-state index is 0.398. The van der Waals surface area contributed by atoms with Crippen molar-refractivity contribution in [3.05, 3.63) is 59.8 Å². The maximum atomic E-state index is 5.46. The third-order valence-electron chi connectivity index (χ3n) is 5.97. The zero-order valence-corrected chi connectivity index (χ0v) is 17.0. The first-order chi connectivity index (χ1) is 14.2. The zero-order chi connectivity index (χ0) is 19.8. The predicted molar refractivity (Wildman–Crippen MR) is 112 cm³/mol. The number of aromatic nitrogens is 4. The van der Waals surface area contributed by atoms with Gasteiger partial charge >= 0.3 is 0 Å². The van der Waals surface area contributed by atoms with Crippen LogP contribution in [0, 0.1) is 0 Å². The zero-order valence-electron chi connectivity index (χ0n) is 17.0. The fraction of sp³-hybridized carbons (Fsp3) is 0.409. The number of hydrogen-bond acceptors (Lipinski definition) is 6. The van der Waals surface area contributed by atoms with Crippen molar-refractivity contribution in [2.24, 2.45) is 0 Å². The molecule has 150 valence electrons.